The first-order valence-electron chi connectivity index (χ1n) is 11.1. The van der Waals surface area contributed by atoms with Crippen LogP contribution in [0, 0.1) is 0 Å². The fraction of sp³-hybridized carbons (Fsp3) is 0.107. The maximum Gasteiger partial charge on any atom is 0.257 e. The van der Waals surface area contributed by atoms with Crippen molar-refractivity contribution >= 4 is 28.7 Å². The van der Waals surface area contributed by atoms with Crippen molar-refractivity contribution in [3.8, 4) is 0 Å². The number of hydrogen-bond donors (Lipinski definition) is 4. The van der Waals surface area contributed by atoms with E-state index < -0.39 is 0 Å². The molecule has 0 bridgehead atoms. The molecule has 4 N–H and O–H groups in total. The Bertz CT molecular complexity index is 1280. The average molecular weight is 435 g/mol. The Kier molecular flexibility index (Phi) is 5.93. The number of carbonyl (C=O) groups is 1. The maximum absolute atomic E-state index is 13.2. The number of fused-ring (bicyclic) bond motifs is 4. The largest absolute Gasteiger partial charge is 0.381 e. The fourth-order valence-electron chi connectivity index (χ4n) is 4.09. The van der Waals surface area contributed by atoms with Crippen molar-refractivity contribution in [2.75, 3.05) is 21.3 Å². The summed E-state index contributed by atoms with van der Waals surface area (Å²) >= 11 is 0. The highest BCUT2D eigenvalue weighted by atomic mass is 16.1. The molecule has 4 aromatic rings. The van der Waals surface area contributed by atoms with E-state index in [1.54, 1.807) is 0 Å². The highest BCUT2D eigenvalue weighted by Gasteiger charge is 2.14. The van der Waals surface area contributed by atoms with Gasteiger partial charge in [0.05, 0.1) is 5.56 Å². The molecule has 0 saturated carbocycles. The lowest BCUT2D eigenvalue weighted by Gasteiger charge is -2.19. The molecule has 0 spiro atoms. The van der Waals surface area contributed by atoms with E-state index in [1.807, 2.05) is 66.7 Å². The highest BCUT2D eigenvalue weighted by molar-refractivity contribution is 6.08. The second-order valence-electron chi connectivity index (χ2n) is 8.03. The Morgan fingerprint density at radius 2 is 0.848 bits per heavy atom. The van der Waals surface area contributed by atoms with E-state index >= 15 is 0 Å². The molecular formula is C28H26N4O. The standard InChI is InChI=1S/C28H26N4O/c33-28-23-12-4-8-16-27(23)31-18-21-10-2-6-14-25(21)29-17-20-9-1-5-13-24(20)30-19-22-11-3-7-15-26(22)32-28/h1-16,29-31H,17-19H2,(H,32,33). The van der Waals surface area contributed by atoms with Gasteiger partial charge in [-0.1, -0.05) is 66.7 Å². The van der Waals surface area contributed by atoms with Gasteiger partial charge in [-0.2, -0.15) is 0 Å². The van der Waals surface area contributed by atoms with E-state index in [0.717, 1.165) is 33.9 Å². The van der Waals surface area contributed by atoms with Crippen LogP contribution in [-0.2, 0) is 19.6 Å². The Morgan fingerprint density at radius 3 is 1.42 bits per heavy atom. The molecule has 0 fully saturated rings. The second-order valence-corrected chi connectivity index (χ2v) is 8.03. The summed E-state index contributed by atoms with van der Waals surface area (Å²) in [6.45, 7) is 1.91. The van der Waals surface area contributed by atoms with Crippen LogP contribution < -0.4 is 21.3 Å². The van der Waals surface area contributed by atoms with Gasteiger partial charge in [-0.3, -0.25) is 4.79 Å². The number of rotatable bonds is 0. The van der Waals surface area contributed by atoms with Crippen molar-refractivity contribution in [3.63, 3.8) is 0 Å². The SMILES string of the molecule is O=C1Nc2ccccc2CNc2ccccc2CNc2ccccc2CNc2ccccc21. The number of para-hydroxylation sites is 4. The maximum atomic E-state index is 13.2. The van der Waals surface area contributed by atoms with Gasteiger partial charge >= 0.3 is 0 Å². The van der Waals surface area contributed by atoms with Gasteiger partial charge in [0.2, 0.25) is 0 Å². The van der Waals surface area contributed by atoms with Crippen molar-refractivity contribution in [3.05, 3.63) is 119 Å². The van der Waals surface area contributed by atoms with E-state index in [2.05, 4.69) is 51.6 Å². The molecule has 5 rings (SSSR count). The molecule has 0 aromatic heterocycles. The molecule has 0 atom stereocenters. The minimum Gasteiger partial charge on any atom is -0.381 e. The molecule has 33 heavy (non-hydrogen) atoms. The first kappa shape index (κ1) is 20.6. The summed E-state index contributed by atoms with van der Waals surface area (Å²) in [7, 11) is 0. The summed E-state index contributed by atoms with van der Waals surface area (Å²) in [6.07, 6.45) is 0. The number of hydrogen-bond acceptors (Lipinski definition) is 4. The fourth-order valence-corrected chi connectivity index (χ4v) is 4.09. The average Bonchev–Trinajstić information content (AvgIpc) is 2.86. The zero-order chi connectivity index (χ0) is 22.5. The zero-order valence-electron chi connectivity index (χ0n) is 18.3. The predicted molar refractivity (Wildman–Crippen MR) is 136 cm³/mol. The third-order valence-electron chi connectivity index (χ3n) is 5.88. The van der Waals surface area contributed by atoms with Crippen LogP contribution in [-0.4, -0.2) is 5.91 Å². The van der Waals surface area contributed by atoms with Crippen LogP contribution in [0.2, 0.25) is 0 Å². The highest BCUT2D eigenvalue weighted by Crippen LogP contribution is 2.25. The zero-order valence-corrected chi connectivity index (χ0v) is 18.3. The van der Waals surface area contributed by atoms with Crippen molar-refractivity contribution in [2.45, 2.75) is 19.6 Å². The number of anilines is 4. The number of amides is 1. The van der Waals surface area contributed by atoms with Crippen LogP contribution in [0.3, 0.4) is 0 Å². The van der Waals surface area contributed by atoms with Gasteiger partial charge in [-0.15, -0.1) is 0 Å². The summed E-state index contributed by atoms with van der Waals surface area (Å²) < 4.78 is 0. The molecule has 0 aliphatic carbocycles. The topological polar surface area (TPSA) is 65.2 Å². The molecule has 4 aromatic carbocycles. The molecule has 1 amide bonds. The summed E-state index contributed by atoms with van der Waals surface area (Å²) in [5.41, 5.74) is 7.70. The van der Waals surface area contributed by atoms with Crippen molar-refractivity contribution in [1.82, 2.24) is 0 Å². The smallest absolute Gasteiger partial charge is 0.257 e. The van der Waals surface area contributed by atoms with Crippen molar-refractivity contribution < 1.29 is 4.79 Å². The number of nitrogens with one attached hydrogen (secondary N) is 4. The van der Waals surface area contributed by atoms with Crippen LogP contribution in [0.1, 0.15) is 27.0 Å². The summed E-state index contributed by atoms with van der Waals surface area (Å²) in [5.74, 6) is -0.135. The number of benzene rings is 4. The van der Waals surface area contributed by atoms with E-state index in [0.29, 0.717) is 25.2 Å². The Labute approximate surface area is 193 Å². The summed E-state index contributed by atoms with van der Waals surface area (Å²) in [6, 6.07) is 32.1. The van der Waals surface area contributed by atoms with Crippen molar-refractivity contribution in [1.29, 1.82) is 0 Å². The van der Waals surface area contributed by atoms with Gasteiger partial charge in [-0.25, -0.2) is 0 Å². The molecule has 1 aliphatic rings. The molecular weight excluding hydrogens is 408 g/mol. The van der Waals surface area contributed by atoms with Crippen LogP contribution in [0.15, 0.2) is 97.1 Å². The Hall–Kier alpha value is -4.25. The summed E-state index contributed by atoms with van der Waals surface area (Å²) in [5, 5.41) is 13.7. The Balaban J connectivity index is 1.54. The molecule has 0 radical (unpaired) electrons. The molecule has 5 nitrogen and oxygen atoms in total. The molecule has 5 heteroatoms. The quantitative estimate of drug-likeness (QED) is 0.270. The van der Waals surface area contributed by atoms with E-state index in [4.69, 9.17) is 0 Å². The lowest BCUT2D eigenvalue weighted by atomic mass is 10.1. The summed E-state index contributed by atoms with van der Waals surface area (Å²) in [4.78, 5) is 13.2. The lowest BCUT2D eigenvalue weighted by Crippen LogP contribution is -2.17. The molecule has 1 heterocycles. The van der Waals surface area contributed by atoms with Crippen LogP contribution in [0.4, 0.5) is 22.7 Å². The van der Waals surface area contributed by atoms with Crippen LogP contribution >= 0.6 is 0 Å². The lowest BCUT2D eigenvalue weighted by molar-refractivity contribution is 0.102. The molecule has 1 aliphatic heterocycles. The third kappa shape index (κ3) is 4.67. The Morgan fingerprint density at radius 1 is 0.455 bits per heavy atom. The molecule has 0 unspecified atom stereocenters. The normalized spacial score (nSPS) is 13.5. The van der Waals surface area contributed by atoms with Gasteiger partial charge in [0, 0.05) is 42.4 Å². The third-order valence-corrected chi connectivity index (χ3v) is 5.88. The van der Waals surface area contributed by atoms with Gasteiger partial charge in [-0.05, 0) is 47.0 Å². The van der Waals surface area contributed by atoms with E-state index in [-0.39, 0.29) is 5.91 Å². The van der Waals surface area contributed by atoms with Crippen molar-refractivity contribution in [2.24, 2.45) is 0 Å². The van der Waals surface area contributed by atoms with Gasteiger partial charge in [0.25, 0.3) is 5.91 Å². The van der Waals surface area contributed by atoms with E-state index in [9.17, 15) is 4.79 Å². The van der Waals surface area contributed by atoms with E-state index in [1.165, 1.54) is 5.56 Å². The van der Waals surface area contributed by atoms with Gasteiger partial charge in [0.15, 0.2) is 0 Å². The molecule has 164 valence electrons. The first-order chi connectivity index (χ1) is 16.3. The second kappa shape index (κ2) is 9.49. The predicted octanol–water partition coefficient (Wildman–Crippen LogP) is 6.09. The minimum atomic E-state index is -0.135. The van der Waals surface area contributed by atoms with Gasteiger partial charge < -0.3 is 21.3 Å². The monoisotopic (exact) mass is 434 g/mol. The van der Waals surface area contributed by atoms with Crippen LogP contribution in [0.5, 0.6) is 0 Å². The van der Waals surface area contributed by atoms with Gasteiger partial charge in [0.1, 0.15) is 0 Å². The first-order valence-corrected chi connectivity index (χ1v) is 11.1. The number of carbonyl (C=O) groups excluding carboxylic acids is 1. The molecule has 0 saturated heterocycles. The van der Waals surface area contributed by atoms with Crippen LogP contribution in [0.25, 0.3) is 0 Å². The minimum absolute atomic E-state index is 0.135.